The van der Waals surface area contributed by atoms with Crippen LogP contribution in [-0.2, 0) is 4.74 Å². The zero-order valence-electron chi connectivity index (χ0n) is 8.29. The molecule has 1 aliphatic rings. The van der Waals surface area contributed by atoms with Crippen LogP contribution in [0.15, 0.2) is 0 Å². The van der Waals surface area contributed by atoms with Gasteiger partial charge in [0.25, 0.3) is 0 Å². The van der Waals surface area contributed by atoms with Gasteiger partial charge in [0.15, 0.2) is 0 Å². The summed E-state index contributed by atoms with van der Waals surface area (Å²) >= 11 is 4.91. The van der Waals surface area contributed by atoms with Gasteiger partial charge < -0.3 is 10.5 Å². The Hall–Kier alpha value is -0.150. The van der Waals surface area contributed by atoms with Crippen LogP contribution < -0.4 is 5.73 Å². The third kappa shape index (κ3) is 3.61. The Balaban J connectivity index is 2.18. The maximum atomic E-state index is 5.67. The Labute approximate surface area is 85.8 Å². The molecule has 0 bridgehead atoms. The first-order valence-electron chi connectivity index (χ1n) is 5.15. The highest BCUT2D eigenvalue weighted by molar-refractivity contribution is 7.80. The summed E-state index contributed by atoms with van der Waals surface area (Å²) in [5, 5.41) is 0. The van der Waals surface area contributed by atoms with Crippen molar-refractivity contribution < 1.29 is 4.74 Å². The standard InChI is InChI=1S/C10H19NOS/c1-2-9(10(11)13)12-7-8-5-3-4-6-8/h8-9H,2-7H2,1H3,(H2,11,13). The second-order valence-corrected chi connectivity index (χ2v) is 4.25. The molecule has 3 heteroatoms. The zero-order chi connectivity index (χ0) is 9.68. The van der Waals surface area contributed by atoms with Crippen molar-refractivity contribution in [1.82, 2.24) is 0 Å². The van der Waals surface area contributed by atoms with E-state index in [-0.39, 0.29) is 6.10 Å². The molecule has 1 atom stereocenters. The first-order chi connectivity index (χ1) is 6.24. The molecule has 0 heterocycles. The van der Waals surface area contributed by atoms with E-state index in [1.165, 1.54) is 25.7 Å². The molecule has 0 aromatic heterocycles. The van der Waals surface area contributed by atoms with Crippen LogP contribution in [0.25, 0.3) is 0 Å². The largest absolute Gasteiger partial charge is 0.391 e. The number of ether oxygens (including phenoxy) is 1. The van der Waals surface area contributed by atoms with Gasteiger partial charge in [0, 0.05) is 0 Å². The van der Waals surface area contributed by atoms with E-state index in [2.05, 4.69) is 6.92 Å². The van der Waals surface area contributed by atoms with Crippen molar-refractivity contribution in [2.24, 2.45) is 11.7 Å². The lowest BCUT2D eigenvalue weighted by Gasteiger charge is -2.17. The van der Waals surface area contributed by atoms with Crippen LogP contribution >= 0.6 is 12.2 Å². The van der Waals surface area contributed by atoms with E-state index in [0.29, 0.717) is 4.99 Å². The summed E-state index contributed by atoms with van der Waals surface area (Å²) in [5.74, 6) is 0.753. The normalized spacial score (nSPS) is 20.4. The van der Waals surface area contributed by atoms with Gasteiger partial charge in [0.05, 0.1) is 6.61 Å². The molecule has 1 saturated carbocycles. The predicted octanol–water partition coefficient (Wildman–Crippen LogP) is 2.26. The molecule has 0 saturated heterocycles. The van der Waals surface area contributed by atoms with Crippen molar-refractivity contribution in [3.63, 3.8) is 0 Å². The van der Waals surface area contributed by atoms with Gasteiger partial charge in [0.1, 0.15) is 11.1 Å². The van der Waals surface area contributed by atoms with Gasteiger partial charge in [-0.2, -0.15) is 0 Å². The summed E-state index contributed by atoms with van der Waals surface area (Å²) in [5.41, 5.74) is 5.54. The van der Waals surface area contributed by atoms with Crippen molar-refractivity contribution >= 4 is 17.2 Å². The van der Waals surface area contributed by atoms with Gasteiger partial charge >= 0.3 is 0 Å². The monoisotopic (exact) mass is 201 g/mol. The number of hydrogen-bond acceptors (Lipinski definition) is 2. The van der Waals surface area contributed by atoms with Gasteiger partial charge in [-0.1, -0.05) is 32.0 Å². The Kier molecular flexibility index (Phi) is 4.67. The minimum absolute atomic E-state index is 0.00407. The molecule has 13 heavy (non-hydrogen) atoms. The highest BCUT2D eigenvalue weighted by atomic mass is 32.1. The minimum atomic E-state index is -0.00407. The number of hydrogen-bond donors (Lipinski definition) is 1. The quantitative estimate of drug-likeness (QED) is 0.693. The Morgan fingerprint density at radius 1 is 1.54 bits per heavy atom. The van der Waals surface area contributed by atoms with E-state index in [0.717, 1.165) is 18.9 Å². The predicted molar refractivity (Wildman–Crippen MR) is 58.8 cm³/mol. The molecule has 1 aliphatic carbocycles. The average Bonchev–Trinajstić information content (AvgIpc) is 2.57. The molecule has 2 nitrogen and oxygen atoms in total. The first kappa shape index (κ1) is 10.9. The fraction of sp³-hybridized carbons (Fsp3) is 0.900. The average molecular weight is 201 g/mol. The van der Waals surface area contributed by atoms with E-state index in [1.807, 2.05) is 0 Å². The van der Waals surface area contributed by atoms with Gasteiger partial charge in [0.2, 0.25) is 0 Å². The van der Waals surface area contributed by atoms with Crippen LogP contribution in [-0.4, -0.2) is 17.7 Å². The molecule has 76 valence electrons. The van der Waals surface area contributed by atoms with Gasteiger partial charge in [-0.3, -0.25) is 0 Å². The fourth-order valence-electron chi connectivity index (χ4n) is 1.83. The van der Waals surface area contributed by atoms with Gasteiger partial charge in [-0.25, -0.2) is 0 Å². The lowest BCUT2D eigenvalue weighted by atomic mass is 10.1. The lowest BCUT2D eigenvalue weighted by Crippen LogP contribution is -2.30. The molecule has 2 N–H and O–H groups in total. The molecule has 0 aliphatic heterocycles. The van der Waals surface area contributed by atoms with Crippen molar-refractivity contribution in [2.75, 3.05) is 6.61 Å². The fourth-order valence-corrected chi connectivity index (χ4v) is 2.07. The number of nitrogens with two attached hydrogens (primary N) is 1. The van der Waals surface area contributed by atoms with Crippen molar-refractivity contribution in [1.29, 1.82) is 0 Å². The van der Waals surface area contributed by atoms with Crippen molar-refractivity contribution in [3.05, 3.63) is 0 Å². The molecule has 1 unspecified atom stereocenters. The molecule has 1 fully saturated rings. The van der Waals surface area contributed by atoms with Crippen LogP contribution in [0.5, 0.6) is 0 Å². The van der Waals surface area contributed by atoms with Crippen LogP contribution in [0.2, 0.25) is 0 Å². The molecule has 0 aromatic rings. The molecule has 0 radical (unpaired) electrons. The lowest BCUT2D eigenvalue weighted by molar-refractivity contribution is 0.0682. The van der Waals surface area contributed by atoms with E-state index >= 15 is 0 Å². The van der Waals surface area contributed by atoms with Crippen LogP contribution in [0.1, 0.15) is 39.0 Å². The SMILES string of the molecule is CCC(OCC1CCCC1)C(N)=S. The van der Waals surface area contributed by atoms with Crippen molar-refractivity contribution in [3.8, 4) is 0 Å². The summed E-state index contributed by atoms with van der Waals surface area (Å²) in [6.45, 7) is 2.90. The maximum Gasteiger partial charge on any atom is 0.107 e. The highest BCUT2D eigenvalue weighted by Gasteiger charge is 2.17. The molecular weight excluding hydrogens is 182 g/mol. The smallest absolute Gasteiger partial charge is 0.107 e. The van der Waals surface area contributed by atoms with E-state index < -0.39 is 0 Å². The van der Waals surface area contributed by atoms with Gasteiger partial charge in [-0.05, 0) is 25.2 Å². The highest BCUT2D eigenvalue weighted by Crippen LogP contribution is 2.25. The summed E-state index contributed by atoms with van der Waals surface area (Å²) in [4.78, 5) is 0.500. The summed E-state index contributed by atoms with van der Waals surface area (Å²) in [6.07, 6.45) is 6.23. The Morgan fingerprint density at radius 2 is 2.15 bits per heavy atom. The summed E-state index contributed by atoms with van der Waals surface area (Å²) in [7, 11) is 0. The number of thiocarbonyl (C=S) groups is 1. The topological polar surface area (TPSA) is 35.2 Å². The Bertz CT molecular complexity index is 166. The molecule has 0 spiro atoms. The van der Waals surface area contributed by atoms with Crippen LogP contribution in [0.3, 0.4) is 0 Å². The summed E-state index contributed by atoms with van der Waals surface area (Å²) < 4.78 is 5.67. The second kappa shape index (κ2) is 5.55. The van der Waals surface area contributed by atoms with E-state index in [4.69, 9.17) is 22.7 Å². The summed E-state index contributed by atoms with van der Waals surface area (Å²) in [6, 6.07) is 0. The zero-order valence-corrected chi connectivity index (χ0v) is 9.11. The maximum absolute atomic E-state index is 5.67. The Morgan fingerprint density at radius 3 is 2.62 bits per heavy atom. The van der Waals surface area contributed by atoms with E-state index in [9.17, 15) is 0 Å². The van der Waals surface area contributed by atoms with E-state index in [1.54, 1.807) is 0 Å². The first-order valence-corrected chi connectivity index (χ1v) is 5.55. The molecule has 1 rings (SSSR count). The molecule has 0 aromatic carbocycles. The second-order valence-electron chi connectivity index (χ2n) is 3.78. The van der Waals surface area contributed by atoms with Crippen molar-refractivity contribution in [2.45, 2.75) is 45.1 Å². The minimum Gasteiger partial charge on any atom is -0.391 e. The number of rotatable bonds is 5. The van der Waals surface area contributed by atoms with Crippen LogP contribution in [0.4, 0.5) is 0 Å². The third-order valence-corrected chi connectivity index (χ3v) is 2.96. The molecule has 0 amide bonds. The third-order valence-electron chi connectivity index (χ3n) is 2.70. The van der Waals surface area contributed by atoms with Gasteiger partial charge in [-0.15, -0.1) is 0 Å². The molecular formula is C10H19NOS. The van der Waals surface area contributed by atoms with Crippen LogP contribution in [0, 0.1) is 5.92 Å².